The monoisotopic (exact) mass is 304 g/mol. The minimum atomic E-state index is -0.485. The molecule has 1 saturated heterocycles. The molecule has 1 aliphatic rings. The number of carbonyl (C=O) groups excluding carboxylic acids is 1. The van der Waals surface area contributed by atoms with E-state index in [9.17, 15) is 4.79 Å². The first-order valence-corrected chi connectivity index (χ1v) is 7.24. The van der Waals surface area contributed by atoms with E-state index in [1.807, 2.05) is 26.8 Å². The molecule has 0 radical (unpaired) electrons. The second-order valence-electron chi connectivity index (χ2n) is 6.15. The lowest BCUT2D eigenvalue weighted by Gasteiger charge is -2.33. The molecule has 0 bridgehead atoms. The first-order valence-electron chi connectivity index (χ1n) is 7.24. The third kappa shape index (κ3) is 4.58. The van der Waals surface area contributed by atoms with E-state index in [2.05, 4.69) is 9.97 Å². The topological polar surface area (TPSA) is 88.3 Å². The van der Waals surface area contributed by atoms with Crippen LogP contribution in [0.2, 0.25) is 0 Å². The average Bonchev–Trinajstić information content (AvgIpc) is 2.47. The van der Waals surface area contributed by atoms with Gasteiger partial charge < -0.3 is 14.4 Å². The quantitative estimate of drug-likeness (QED) is 0.831. The third-order valence-electron chi connectivity index (χ3n) is 3.12. The van der Waals surface area contributed by atoms with E-state index in [0.717, 1.165) is 0 Å². The SMILES string of the molecule is CC(C)(C)OC(=O)N1CCC(Oc2ncc(C#N)cn2)CC1. The highest BCUT2D eigenvalue weighted by Crippen LogP contribution is 2.18. The van der Waals surface area contributed by atoms with Crippen molar-refractivity contribution in [2.45, 2.75) is 45.3 Å². The van der Waals surface area contributed by atoms with Crippen molar-refractivity contribution < 1.29 is 14.3 Å². The van der Waals surface area contributed by atoms with Gasteiger partial charge in [-0.15, -0.1) is 0 Å². The minimum Gasteiger partial charge on any atom is -0.460 e. The number of aromatic nitrogens is 2. The van der Waals surface area contributed by atoms with Crippen LogP contribution in [0.15, 0.2) is 12.4 Å². The van der Waals surface area contributed by atoms with Crippen molar-refractivity contribution in [3.05, 3.63) is 18.0 Å². The molecule has 0 unspecified atom stereocenters. The maximum Gasteiger partial charge on any atom is 0.410 e. The Bertz CT molecular complexity index is 552. The van der Waals surface area contributed by atoms with E-state index in [1.54, 1.807) is 4.90 Å². The van der Waals surface area contributed by atoms with E-state index in [1.165, 1.54) is 12.4 Å². The summed E-state index contributed by atoms with van der Waals surface area (Å²) in [6, 6.07) is 2.21. The summed E-state index contributed by atoms with van der Waals surface area (Å²) in [4.78, 5) is 21.6. The van der Waals surface area contributed by atoms with Crippen LogP contribution in [0, 0.1) is 11.3 Å². The van der Waals surface area contributed by atoms with Crippen molar-refractivity contribution in [3.8, 4) is 12.1 Å². The summed E-state index contributed by atoms with van der Waals surface area (Å²) in [6.45, 7) is 6.71. The zero-order chi connectivity index (χ0) is 16.2. The van der Waals surface area contributed by atoms with E-state index in [4.69, 9.17) is 14.7 Å². The number of nitrogens with zero attached hydrogens (tertiary/aromatic N) is 4. The van der Waals surface area contributed by atoms with Gasteiger partial charge in [-0.1, -0.05) is 0 Å². The lowest BCUT2D eigenvalue weighted by atomic mass is 10.1. The number of nitriles is 1. The Morgan fingerprint density at radius 1 is 1.32 bits per heavy atom. The molecule has 0 N–H and O–H groups in total. The summed E-state index contributed by atoms with van der Waals surface area (Å²) < 4.78 is 11.0. The molecule has 2 heterocycles. The van der Waals surface area contributed by atoms with Crippen LogP contribution in [0.25, 0.3) is 0 Å². The molecule has 1 aliphatic heterocycles. The normalized spacial score (nSPS) is 16.0. The van der Waals surface area contributed by atoms with Gasteiger partial charge in [-0.2, -0.15) is 5.26 Å². The minimum absolute atomic E-state index is 0.0355. The standard InChI is InChI=1S/C15H20N4O3/c1-15(2,3)22-14(20)19-6-4-12(5-7-19)21-13-17-9-11(8-16)10-18-13/h9-10,12H,4-7H2,1-3H3. The summed E-state index contributed by atoms with van der Waals surface area (Å²) >= 11 is 0. The van der Waals surface area contributed by atoms with Crippen LogP contribution in [0.1, 0.15) is 39.2 Å². The summed E-state index contributed by atoms with van der Waals surface area (Å²) in [5.74, 6) is 0. The van der Waals surface area contributed by atoms with Gasteiger partial charge >= 0.3 is 12.1 Å². The number of hydrogen-bond acceptors (Lipinski definition) is 6. The Hall–Kier alpha value is -2.36. The molecule has 22 heavy (non-hydrogen) atoms. The van der Waals surface area contributed by atoms with Crippen LogP contribution >= 0.6 is 0 Å². The number of hydrogen-bond donors (Lipinski definition) is 0. The van der Waals surface area contributed by atoms with Gasteiger partial charge in [-0.25, -0.2) is 14.8 Å². The molecule has 118 valence electrons. The number of amides is 1. The largest absolute Gasteiger partial charge is 0.460 e. The van der Waals surface area contributed by atoms with Gasteiger partial charge in [0, 0.05) is 25.9 Å². The molecule has 1 aromatic heterocycles. The van der Waals surface area contributed by atoms with Crippen molar-refractivity contribution >= 4 is 6.09 Å². The Labute approximate surface area is 129 Å². The van der Waals surface area contributed by atoms with Crippen LogP contribution in [0.3, 0.4) is 0 Å². The fourth-order valence-corrected chi connectivity index (χ4v) is 2.07. The first kappa shape index (κ1) is 16.0. The number of likely N-dealkylation sites (tertiary alicyclic amines) is 1. The Morgan fingerprint density at radius 2 is 1.91 bits per heavy atom. The number of ether oxygens (including phenoxy) is 2. The highest BCUT2D eigenvalue weighted by Gasteiger charge is 2.27. The zero-order valence-corrected chi connectivity index (χ0v) is 13.1. The van der Waals surface area contributed by atoms with Crippen LogP contribution in [-0.2, 0) is 4.74 Å². The molecule has 7 nitrogen and oxygen atoms in total. The van der Waals surface area contributed by atoms with Gasteiger partial charge in [0.2, 0.25) is 0 Å². The number of piperidine rings is 1. The predicted octanol–water partition coefficient (Wildman–Crippen LogP) is 2.13. The van der Waals surface area contributed by atoms with E-state index in [-0.39, 0.29) is 18.2 Å². The van der Waals surface area contributed by atoms with Gasteiger partial charge in [0.15, 0.2) is 0 Å². The molecule has 7 heteroatoms. The second kappa shape index (κ2) is 6.60. The molecule has 0 aliphatic carbocycles. The molecular formula is C15H20N4O3. The highest BCUT2D eigenvalue weighted by atomic mass is 16.6. The van der Waals surface area contributed by atoms with Gasteiger partial charge in [-0.3, -0.25) is 0 Å². The maximum absolute atomic E-state index is 12.0. The lowest BCUT2D eigenvalue weighted by Crippen LogP contribution is -2.44. The highest BCUT2D eigenvalue weighted by molar-refractivity contribution is 5.68. The molecule has 2 rings (SSSR count). The van der Waals surface area contributed by atoms with Crippen molar-refractivity contribution in [1.82, 2.24) is 14.9 Å². The first-order chi connectivity index (χ1) is 10.4. The van der Waals surface area contributed by atoms with Gasteiger partial charge in [-0.05, 0) is 20.8 Å². The van der Waals surface area contributed by atoms with Gasteiger partial charge in [0.05, 0.1) is 18.0 Å². The summed E-state index contributed by atoms with van der Waals surface area (Å²) in [7, 11) is 0. The van der Waals surface area contributed by atoms with Gasteiger partial charge in [0.25, 0.3) is 0 Å². The molecule has 0 saturated carbocycles. The Balaban J connectivity index is 1.82. The Kier molecular flexibility index (Phi) is 4.81. The van der Waals surface area contributed by atoms with Gasteiger partial charge in [0.1, 0.15) is 17.8 Å². The second-order valence-corrected chi connectivity index (χ2v) is 6.15. The predicted molar refractivity (Wildman–Crippen MR) is 78.2 cm³/mol. The molecule has 1 aromatic rings. The number of rotatable bonds is 2. The van der Waals surface area contributed by atoms with Crippen molar-refractivity contribution in [1.29, 1.82) is 5.26 Å². The third-order valence-corrected chi connectivity index (χ3v) is 3.12. The lowest BCUT2D eigenvalue weighted by molar-refractivity contribution is 0.0119. The molecule has 1 amide bonds. The zero-order valence-electron chi connectivity index (χ0n) is 13.1. The smallest absolute Gasteiger partial charge is 0.410 e. The summed E-state index contributed by atoms with van der Waals surface area (Å²) in [6.07, 6.45) is 3.92. The van der Waals surface area contributed by atoms with Crippen molar-refractivity contribution in [2.75, 3.05) is 13.1 Å². The average molecular weight is 304 g/mol. The molecule has 0 spiro atoms. The summed E-state index contributed by atoms with van der Waals surface area (Å²) in [5.41, 5.74) is -0.0899. The Morgan fingerprint density at radius 3 is 2.41 bits per heavy atom. The fourth-order valence-electron chi connectivity index (χ4n) is 2.07. The number of carbonyl (C=O) groups is 1. The van der Waals surface area contributed by atoms with Crippen molar-refractivity contribution in [3.63, 3.8) is 0 Å². The molecule has 1 fully saturated rings. The fraction of sp³-hybridized carbons (Fsp3) is 0.600. The van der Waals surface area contributed by atoms with Crippen LogP contribution < -0.4 is 4.74 Å². The molecule has 0 aromatic carbocycles. The molecular weight excluding hydrogens is 284 g/mol. The van der Waals surface area contributed by atoms with E-state index in [0.29, 0.717) is 31.5 Å². The van der Waals surface area contributed by atoms with Crippen LogP contribution in [0.4, 0.5) is 4.79 Å². The van der Waals surface area contributed by atoms with Crippen molar-refractivity contribution in [2.24, 2.45) is 0 Å². The van der Waals surface area contributed by atoms with E-state index < -0.39 is 5.60 Å². The molecule has 0 atom stereocenters. The maximum atomic E-state index is 12.0. The van der Waals surface area contributed by atoms with Crippen LogP contribution in [-0.4, -0.2) is 45.8 Å². The summed E-state index contributed by atoms with van der Waals surface area (Å²) in [5, 5.41) is 8.69. The van der Waals surface area contributed by atoms with E-state index >= 15 is 0 Å². The van der Waals surface area contributed by atoms with Crippen LogP contribution in [0.5, 0.6) is 6.01 Å².